The van der Waals surface area contributed by atoms with Gasteiger partial charge in [-0.25, -0.2) is 0 Å². The summed E-state index contributed by atoms with van der Waals surface area (Å²) in [5.74, 6) is 1.43. The second-order valence-corrected chi connectivity index (χ2v) is 8.09. The number of hydrogen-bond donors (Lipinski definition) is 2. The summed E-state index contributed by atoms with van der Waals surface area (Å²) in [4.78, 5) is 23.1. The molecular weight excluding hydrogens is 274 g/mol. The minimum absolute atomic E-state index is 0.00191. The highest BCUT2D eigenvalue weighted by Gasteiger charge is 2.25. The third kappa shape index (κ3) is 7.17. The van der Waals surface area contributed by atoms with Crippen LogP contribution >= 0.6 is 11.8 Å². The first-order chi connectivity index (χ1) is 9.28. The predicted octanol–water partition coefficient (Wildman–Crippen LogP) is 2.77. The van der Waals surface area contributed by atoms with Crippen molar-refractivity contribution in [1.29, 1.82) is 0 Å². The fraction of sp³-hybridized carbons (Fsp3) is 0.867. The van der Waals surface area contributed by atoms with Crippen LogP contribution in [-0.2, 0) is 9.59 Å². The predicted molar refractivity (Wildman–Crippen MR) is 82.9 cm³/mol. The van der Waals surface area contributed by atoms with E-state index < -0.39 is 11.9 Å². The van der Waals surface area contributed by atoms with Crippen LogP contribution in [0.2, 0.25) is 0 Å². The Hall–Kier alpha value is -0.710. The fourth-order valence-corrected chi connectivity index (χ4v) is 3.71. The lowest BCUT2D eigenvalue weighted by Crippen LogP contribution is -2.36. The maximum absolute atomic E-state index is 11.9. The van der Waals surface area contributed by atoms with Gasteiger partial charge in [0.15, 0.2) is 0 Å². The summed E-state index contributed by atoms with van der Waals surface area (Å²) in [6.45, 7) is 6.30. The van der Waals surface area contributed by atoms with Crippen molar-refractivity contribution in [3.05, 3.63) is 0 Å². The van der Waals surface area contributed by atoms with Crippen molar-refractivity contribution in [1.82, 2.24) is 5.32 Å². The normalized spacial score (nSPS) is 18.6. The van der Waals surface area contributed by atoms with E-state index in [-0.39, 0.29) is 17.9 Å². The van der Waals surface area contributed by atoms with Gasteiger partial charge in [0, 0.05) is 13.0 Å². The molecule has 1 saturated heterocycles. The van der Waals surface area contributed by atoms with Gasteiger partial charge in [-0.15, -0.1) is 0 Å². The van der Waals surface area contributed by atoms with Crippen LogP contribution in [0.4, 0.5) is 0 Å². The van der Waals surface area contributed by atoms with Gasteiger partial charge in [0.05, 0.1) is 5.92 Å². The van der Waals surface area contributed by atoms with Gasteiger partial charge in [0.1, 0.15) is 0 Å². The van der Waals surface area contributed by atoms with Crippen LogP contribution in [-0.4, -0.2) is 35.0 Å². The largest absolute Gasteiger partial charge is 0.481 e. The second-order valence-electron chi connectivity index (χ2n) is 6.86. The molecule has 20 heavy (non-hydrogen) atoms. The smallest absolute Gasteiger partial charge is 0.308 e. The molecule has 0 aromatic carbocycles. The van der Waals surface area contributed by atoms with Gasteiger partial charge in [-0.05, 0) is 42.1 Å². The quantitative estimate of drug-likeness (QED) is 0.791. The molecule has 0 saturated carbocycles. The van der Waals surface area contributed by atoms with Crippen LogP contribution in [0.1, 0.15) is 46.5 Å². The van der Waals surface area contributed by atoms with Crippen molar-refractivity contribution in [2.45, 2.75) is 46.5 Å². The maximum atomic E-state index is 11.9. The third-order valence-electron chi connectivity index (χ3n) is 3.57. The Morgan fingerprint density at radius 1 is 1.30 bits per heavy atom. The van der Waals surface area contributed by atoms with E-state index in [1.165, 1.54) is 0 Å². The minimum Gasteiger partial charge on any atom is -0.481 e. The zero-order valence-corrected chi connectivity index (χ0v) is 13.6. The van der Waals surface area contributed by atoms with Crippen LogP contribution in [0.5, 0.6) is 0 Å². The van der Waals surface area contributed by atoms with Gasteiger partial charge >= 0.3 is 5.97 Å². The summed E-state index contributed by atoms with van der Waals surface area (Å²) in [5.41, 5.74) is -0.0472. The summed E-state index contributed by atoms with van der Waals surface area (Å²) >= 11 is 1.94. The lowest BCUT2D eigenvalue weighted by molar-refractivity contribution is -0.142. The molecule has 1 rings (SSSR count). The van der Waals surface area contributed by atoms with Crippen molar-refractivity contribution in [3.63, 3.8) is 0 Å². The molecule has 1 aliphatic heterocycles. The number of carboxylic acid groups (broad SMARTS) is 1. The van der Waals surface area contributed by atoms with E-state index in [1.54, 1.807) is 0 Å². The molecule has 1 heterocycles. The van der Waals surface area contributed by atoms with Gasteiger partial charge in [-0.2, -0.15) is 11.8 Å². The summed E-state index contributed by atoms with van der Waals surface area (Å²) in [7, 11) is 0. The summed E-state index contributed by atoms with van der Waals surface area (Å²) in [6, 6.07) is 0. The number of amides is 1. The Morgan fingerprint density at radius 2 is 1.90 bits per heavy atom. The van der Waals surface area contributed by atoms with Gasteiger partial charge in [0.25, 0.3) is 0 Å². The van der Waals surface area contributed by atoms with Crippen molar-refractivity contribution < 1.29 is 14.7 Å². The molecule has 0 radical (unpaired) electrons. The lowest BCUT2D eigenvalue weighted by Gasteiger charge is -2.24. The van der Waals surface area contributed by atoms with Crippen LogP contribution < -0.4 is 5.32 Å². The molecule has 5 heteroatoms. The average Bonchev–Trinajstić information content (AvgIpc) is 2.34. The Kier molecular flexibility index (Phi) is 6.86. The molecule has 2 N–H and O–H groups in total. The van der Waals surface area contributed by atoms with Crippen LogP contribution in [0, 0.1) is 17.3 Å². The monoisotopic (exact) mass is 301 g/mol. The van der Waals surface area contributed by atoms with Gasteiger partial charge in [-0.3, -0.25) is 9.59 Å². The van der Waals surface area contributed by atoms with Gasteiger partial charge < -0.3 is 10.4 Å². The highest BCUT2D eigenvalue weighted by Crippen LogP contribution is 2.26. The van der Waals surface area contributed by atoms with E-state index >= 15 is 0 Å². The van der Waals surface area contributed by atoms with E-state index in [0.29, 0.717) is 18.8 Å². The highest BCUT2D eigenvalue weighted by atomic mass is 32.2. The molecule has 0 bridgehead atoms. The molecule has 0 aliphatic carbocycles. The van der Waals surface area contributed by atoms with Gasteiger partial charge in [-0.1, -0.05) is 20.8 Å². The molecule has 116 valence electrons. The van der Waals surface area contributed by atoms with Crippen LogP contribution in [0.15, 0.2) is 0 Å². The Labute approximate surface area is 126 Å². The number of hydrogen-bond acceptors (Lipinski definition) is 3. The van der Waals surface area contributed by atoms with Crippen molar-refractivity contribution >= 4 is 23.6 Å². The number of thioether (sulfide) groups is 1. The molecule has 0 aromatic heterocycles. The number of aliphatic carboxylic acids is 1. The zero-order chi connectivity index (χ0) is 15.2. The first-order valence-corrected chi connectivity index (χ1v) is 8.50. The molecule has 1 atom stereocenters. The molecule has 1 fully saturated rings. The van der Waals surface area contributed by atoms with Crippen molar-refractivity contribution in [3.8, 4) is 0 Å². The molecule has 1 unspecified atom stereocenters. The number of carboxylic acids is 1. The first-order valence-electron chi connectivity index (χ1n) is 7.35. The Morgan fingerprint density at radius 3 is 2.40 bits per heavy atom. The minimum atomic E-state index is -0.825. The Bertz CT molecular complexity index is 333. The summed E-state index contributed by atoms with van der Waals surface area (Å²) in [5, 5.41) is 12.0. The second kappa shape index (κ2) is 7.91. The lowest BCUT2D eigenvalue weighted by atomic mass is 9.84. The van der Waals surface area contributed by atoms with Crippen molar-refractivity contribution in [2.24, 2.45) is 17.3 Å². The zero-order valence-electron chi connectivity index (χ0n) is 12.8. The standard InChI is InChI=1S/C15H27NO3S/c1-15(2,3)9-12(14(18)19)10-16-13(17)8-11-4-6-20-7-5-11/h11-12H,4-10H2,1-3H3,(H,16,17)(H,18,19). The van der Waals surface area contributed by atoms with Gasteiger partial charge in [0.2, 0.25) is 5.91 Å². The molecule has 4 nitrogen and oxygen atoms in total. The number of nitrogens with one attached hydrogen (secondary N) is 1. The van der Waals surface area contributed by atoms with E-state index in [9.17, 15) is 14.7 Å². The number of carbonyl (C=O) groups is 2. The number of rotatable bonds is 6. The van der Waals surface area contributed by atoms with Crippen molar-refractivity contribution in [2.75, 3.05) is 18.1 Å². The topological polar surface area (TPSA) is 66.4 Å². The van der Waals surface area contributed by atoms with E-state index in [2.05, 4.69) is 5.32 Å². The molecular formula is C15H27NO3S. The third-order valence-corrected chi connectivity index (χ3v) is 4.62. The molecule has 0 aromatic rings. The average molecular weight is 301 g/mol. The first kappa shape index (κ1) is 17.3. The summed E-state index contributed by atoms with van der Waals surface area (Å²) < 4.78 is 0. The SMILES string of the molecule is CC(C)(C)CC(CNC(=O)CC1CCSCC1)C(=O)O. The van der Waals surface area contributed by atoms with Crippen LogP contribution in [0.25, 0.3) is 0 Å². The molecule has 0 spiro atoms. The molecule has 1 amide bonds. The highest BCUT2D eigenvalue weighted by molar-refractivity contribution is 7.99. The van der Waals surface area contributed by atoms with E-state index in [4.69, 9.17) is 0 Å². The van der Waals surface area contributed by atoms with E-state index in [0.717, 1.165) is 24.3 Å². The molecule has 1 aliphatic rings. The van der Waals surface area contributed by atoms with Crippen LogP contribution in [0.3, 0.4) is 0 Å². The van der Waals surface area contributed by atoms with E-state index in [1.807, 2.05) is 32.5 Å². The number of carbonyl (C=O) groups excluding carboxylic acids is 1. The maximum Gasteiger partial charge on any atom is 0.308 e. The fourth-order valence-electron chi connectivity index (χ4n) is 2.51. The Balaban J connectivity index is 2.34. The summed E-state index contributed by atoms with van der Waals surface area (Å²) in [6.07, 6.45) is 3.32.